The SMILES string of the molecule is Cc1ccc(C(=O)CN2CCN(C(=O)c3ccc(C)c(C)c3)CC2)cc1. The number of ketones is 1. The minimum absolute atomic E-state index is 0.0811. The van der Waals surface area contributed by atoms with Gasteiger partial charge in [0.1, 0.15) is 0 Å². The minimum Gasteiger partial charge on any atom is -0.336 e. The summed E-state index contributed by atoms with van der Waals surface area (Å²) in [6, 6.07) is 13.6. The first-order valence-electron chi connectivity index (χ1n) is 9.13. The zero-order valence-electron chi connectivity index (χ0n) is 15.8. The normalized spacial score (nSPS) is 15.1. The molecule has 0 aliphatic carbocycles. The number of aryl methyl sites for hydroxylation is 3. The van der Waals surface area contributed by atoms with Gasteiger partial charge in [-0.15, -0.1) is 0 Å². The molecule has 0 aromatic heterocycles. The summed E-state index contributed by atoms with van der Waals surface area (Å²) in [5, 5.41) is 0. The van der Waals surface area contributed by atoms with E-state index in [1.54, 1.807) is 0 Å². The Morgan fingerprint density at radius 3 is 2.04 bits per heavy atom. The number of carbonyl (C=O) groups is 2. The molecule has 0 N–H and O–H groups in total. The molecule has 1 amide bonds. The van der Waals surface area contributed by atoms with Crippen molar-refractivity contribution in [2.45, 2.75) is 20.8 Å². The summed E-state index contributed by atoms with van der Waals surface area (Å²) in [5.74, 6) is 0.219. The van der Waals surface area contributed by atoms with Crippen LogP contribution in [0.5, 0.6) is 0 Å². The van der Waals surface area contributed by atoms with Crippen LogP contribution >= 0.6 is 0 Å². The standard InChI is InChI=1S/C22H26N2O2/c1-16-4-7-19(8-5-16)21(25)15-23-10-12-24(13-11-23)22(26)20-9-6-17(2)18(3)14-20/h4-9,14H,10-13,15H2,1-3H3. The van der Waals surface area contributed by atoms with Crippen LogP contribution in [0.4, 0.5) is 0 Å². The van der Waals surface area contributed by atoms with Gasteiger partial charge in [-0.3, -0.25) is 14.5 Å². The van der Waals surface area contributed by atoms with Crippen LogP contribution in [0.1, 0.15) is 37.4 Å². The maximum absolute atomic E-state index is 12.7. The Morgan fingerprint density at radius 1 is 0.808 bits per heavy atom. The Morgan fingerprint density at radius 2 is 1.42 bits per heavy atom. The fourth-order valence-corrected chi connectivity index (χ4v) is 3.20. The van der Waals surface area contributed by atoms with Gasteiger partial charge in [-0.2, -0.15) is 0 Å². The van der Waals surface area contributed by atoms with Crippen molar-refractivity contribution in [3.63, 3.8) is 0 Å². The number of piperazine rings is 1. The largest absolute Gasteiger partial charge is 0.336 e. The summed E-state index contributed by atoms with van der Waals surface area (Å²) in [5.41, 5.74) is 4.99. The lowest BCUT2D eigenvalue weighted by Crippen LogP contribution is -2.49. The number of hydrogen-bond donors (Lipinski definition) is 0. The number of benzene rings is 2. The second-order valence-electron chi connectivity index (χ2n) is 7.16. The predicted molar refractivity (Wildman–Crippen MR) is 104 cm³/mol. The monoisotopic (exact) mass is 350 g/mol. The van der Waals surface area contributed by atoms with Crippen LogP contribution in [0.2, 0.25) is 0 Å². The molecule has 4 heteroatoms. The number of Topliss-reactive ketones (excluding diaryl/α,β-unsaturated/α-hetero) is 1. The Hall–Kier alpha value is -2.46. The van der Waals surface area contributed by atoms with Crippen molar-refractivity contribution in [3.05, 3.63) is 70.3 Å². The number of rotatable bonds is 4. The molecule has 1 heterocycles. The Kier molecular flexibility index (Phi) is 5.52. The van der Waals surface area contributed by atoms with Crippen molar-refractivity contribution in [2.75, 3.05) is 32.7 Å². The van der Waals surface area contributed by atoms with Crippen molar-refractivity contribution < 1.29 is 9.59 Å². The zero-order valence-corrected chi connectivity index (χ0v) is 15.8. The molecule has 2 aromatic rings. The number of nitrogens with zero attached hydrogens (tertiary/aromatic N) is 2. The highest BCUT2D eigenvalue weighted by molar-refractivity contribution is 5.97. The molecule has 0 saturated carbocycles. The lowest BCUT2D eigenvalue weighted by Gasteiger charge is -2.34. The molecule has 4 nitrogen and oxygen atoms in total. The number of carbonyl (C=O) groups excluding carboxylic acids is 2. The molecule has 0 spiro atoms. The molecular weight excluding hydrogens is 324 g/mol. The van der Waals surface area contributed by atoms with E-state index in [9.17, 15) is 9.59 Å². The summed E-state index contributed by atoms with van der Waals surface area (Å²) in [6.45, 7) is 9.28. The van der Waals surface area contributed by atoms with E-state index in [0.717, 1.165) is 35.3 Å². The van der Waals surface area contributed by atoms with Crippen LogP contribution < -0.4 is 0 Å². The molecule has 136 valence electrons. The zero-order chi connectivity index (χ0) is 18.7. The van der Waals surface area contributed by atoms with Gasteiger partial charge in [0.2, 0.25) is 0 Å². The van der Waals surface area contributed by atoms with Gasteiger partial charge in [-0.25, -0.2) is 0 Å². The maximum Gasteiger partial charge on any atom is 0.253 e. The molecule has 1 fully saturated rings. The van der Waals surface area contributed by atoms with Gasteiger partial charge in [0.25, 0.3) is 5.91 Å². The molecule has 2 aromatic carbocycles. The van der Waals surface area contributed by atoms with Crippen molar-refractivity contribution in [3.8, 4) is 0 Å². The summed E-state index contributed by atoms with van der Waals surface area (Å²) >= 11 is 0. The van der Waals surface area contributed by atoms with Crippen LogP contribution in [0.15, 0.2) is 42.5 Å². The van der Waals surface area contributed by atoms with Crippen LogP contribution in [-0.2, 0) is 0 Å². The first kappa shape index (κ1) is 18.3. The summed E-state index contributed by atoms with van der Waals surface area (Å²) in [6.07, 6.45) is 0. The number of hydrogen-bond acceptors (Lipinski definition) is 3. The summed E-state index contributed by atoms with van der Waals surface area (Å²) in [7, 11) is 0. The fourth-order valence-electron chi connectivity index (χ4n) is 3.20. The molecule has 3 rings (SSSR count). The molecule has 0 unspecified atom stereocenters. The maximum atomic E-state index is 12.7. The lowest BCUT2D eigenvalue weighted by molar-refractivity contribution is 0.0624. The highest BCUT2D eigenvalue weighted by atomic mass is 16.2. The van der Waals surface area contributed by atoms with Crippen LogP contribution in [0.3, 0.4) is 0 Å². The topological polar surface area (TPSA) is 40.6 Å². The van der Waals surface area contributed by atoms with E-state index >= 15 is 0 Å². The second-order valence-corrected chi connectivity index (χ2v) is 7.16. The van der Waals surface area contributed by atoms with E-state index in [1.807, 2.05) is 68.1 Å². The molecule has 26 heavy (non-hydrogen) atoms. The van der Waals surface area contributed by atoms with Gasteiger partial charge in [0.05, 0.1) is 6.54 Å². The van der Waals surface area contributed by atoms with E-state index in [2.05, 4.69) is 4.90 Å². The summed E-state index contributed by atoms with van der Waals surface area (Å²) < 4.78 is 0. The van der Waals surface area contributed by atoms with Gasteiger partial charge in [0.15, 0.2) is 5.78 Å². The molecule has 1 saturated heterocycles. The summed E-state index contributed by atoms with van der Waals surface area (Å²) in [4.78, 5) is 29.1. The van der Waals surface area contributed by atoms with Crippen molar-refractivity contribution in [2.24, 2.45) is 0 Å². The molecule has 0 radical (unpaired) electrons. The van der Waals surface area contributed by atoms with Crippen LogP contribution in [0, 0.1) is 20.8 Å². The third-order valence-electron chi connectivity index (χ3n) is 5.15. The third-order valence-corrected chi connectivity index (χ3v) is 5.15. The Labute approximate surface area is 155 Å². The van der Waals surface area contributed by atoms with E-state index in [4.69, 9.17) is 0 Å². The average molecular weight is 350 g/mol. The average Bonchev–Trinajstić information content (AvgIpc) is 2.64. The fraction of sp³-hybridized carbons (Fsp3) is 0.364. The number of amides is 1. The molecule has 1 aliphatic heterocycles. The van der Waals surface area contributed by atoms with E-state index in [1.165, 1.54) is 5.56 Å². The predicted octanol–water partition coefficient (Wildman–Crippen LogP) is 3.25. The third kappa shape index (κ3) is 4.20. The smallest absolute Gasteiger partial charge is 0.253 e. The molecular formula is C22H26N2O2. The van der Waals surface area contributed by atoms with Crippen molar-refractivity contribution in [1.82, 2.24) is 9.80 Å². The Balaban J connectivity index is 1.55. The minimum atomic E-state index is 0.0811. The van der Waals surface area contributed by atoms with E-state index in [0.29, 0.717) is 19.6 Å². The highest BCUT2D eigenvalue weighted by Crippen LogP contribution is 2.14. The van der Waals surface area contributed by atoms with Gasteiger partial charge < -0.3 is 4.90 Å². The van der Waals surface area contributed by atoms with Gasteiger partial charge in [0, 0.05) is 37.3 Å². The Bertz CT molecular complexity index is 803. The van der Waals surface area contributed by atoms with Crippen LogP contribution in [-0.4, -0.2) is 54.2 Å². The van der Waals surface area contributed by atoms with Gasteiger partial charge >= 0.3 is 0 Å². The van der Waals surface area contributed by atoms with E-state index in [-0.39, 0.29) is 11.7 Å². The highest BCUT2D eigenvalue weighted by Gasteiger charge is 2.23. The van der Waals surface area contributed by atoms with Gasteiger partial charge in [-0.05, 0) is 44.0 Å². The quantitative estimate of drug-likeness (QED) is 0.795. The van der Waals surface area contributed by atoms with Crippen LogP contribution in [0.25, 0.3) is 0 Å². The van der Waals surface area contributed by atoms with Gasteiger partial charge in [-0.1, -0.05) is 35.9 Å². The van der Waals surface area contributed by atoms with Crippen molar-refractivity contribution in [1.29, 1.82) is 0 Å². The first-order chi connectivity index (χ1) is 12.4. The van der Waals surface area contributed by atoms with E-state index < -0.39 is 0 Å². The first-order valence-corrected chi connectivity index (χ1v) is 9.13. The second kappa shape index (κ2) is 7.83. The van der Waals surface area contributed by atoms with Crippen molar-refractivity contribution >= 4 is 11.7 Å². The molecule has 0 atom stereocenters. The molecule has 0 bridgehead atoms. The lowest BCUT2D eigenvalue weighted by atomic mass is 10.1. The molecule has 1 aliphatic rings.